The van der Waals surface area contributed by atoms with Crippen molar-refractivity contribution < 1.29 is 4.39 Å². The Morgan fingerprint density at radius 2 is 2.05 bits per heavy atom. The minimum Gasteiger partial charge on any atom is -0.354 e. The monoisotopic (exact) mass is 402 g/mol. The molecule has 4 nitrogen and oxygen atoms in total. The summed E-state index contributed by atoms with van der Waals surface area (Å²) in [7, 11) is 0. The molecule has 1 aromatic carbocycles. The Kier molecular flexibility index (Phi) is 5.31. The summed E-state index contributed by atoms with van der Waals surface area (Å²) in [6, 6.07) is 4.81. The van der Waals surface area contributed by atoms with Gasteiger partial charge in [0, 0.05) is 18.4 Å². The van der Waals surface area contributed by atoms with Gasteiger partial charge in [-0.25, -0.2) is 9.37 Å². The fraction of sp³-hybridized carbons (Fsp3) is 0.231. The Labute approximate surface area is 133 Å². The molecule has 0 saturated carbocycles. The Balaban J connectivity index is 2.20. The lowest BCUT2D eigenvalue weighted by Crippen LogP contribution is -2.06. The van der Waals surface area contributed by atoms with E-state index >= 15 is 0 Å². The molecular weight excluding hydrogens is 391 g/mol. The van der Waals surface area contributed by atoms with Crippen molar-refractivity contribution in [2.45, 2.75) is 13.3 Å². The van der Waals surface area contributed by atoms with Crippen LogP contribution in [-0.2, 0) is 0 Å². The molecule has 0 aliphatic rings. The van der Waals surface area contributed by atoms with E-state index < -0.39 is 0 Å². The van der Waals surface area contributed by atoms with E-state index in [4.69, 9.17) is 0 Å². The first-order valence-electron chi connectivity index (χ1n) is 6.08. The maximum absolute atomic E-state index is 13.5. The summed E-state index contributed by atoms with van der Waals surface area (Å²) in [6.07, 6.45) is 2.64. The molecule has 106 valence electrons. The maximum atomic E-state index is 13.5. The van der Waals surface area contributed by atoms with Gasteiger partial charge in [0.05, 0.1) is 8.95 Å². The van der Waals surface area contributed by atoms with Gasteiger partial charge in [0.15, 0.2) is 0 Å². The summed E-state index contributed by atoms with van der Waals surface area (Å²) >= 11 is 6.49. The van der Waals surface area contributed by atoms with Crippen LogP contribution in [0.4, 0.5) is 21.8 Å². The molecule has 0 fully saturated rings. The van der Waals surface area contributed by atoms with Gasteiger partial charge in [-0.15, -0.1) is 0 Å². The Bertz CT molecular complexity index is 607. The zero-order valence-electron chi connectivity index (χ0n) is 10.8. The van der Waals surface area contributed by atoms with Crippen molar-refractivity contribution in [3.05, 3.63) is 39.2 Å². The molecule has 2 aromatic rings. The highest BCUT2D eigenvalue weighted by atomic mass is 79.9. The van der Waals surface area contributed by atoms with Crippen LogP contribution < -0.4 is 10.6 Å². The fourth-order valence-electron chi connectivity index (χ4n) is 1.49. The number of halogens is 3. The molecule has 0 radical (unpaired) electrons. The molecule has 0 aliphatic heterocycles. The molecular formula is C13H13Br2FN4. The second-order valence-electron chi connectivity index (χ2n) is 4.07. The number of benzene rings is 1. The van der Waals surface area contributed by atoms with E-state index in [2.05, 4.69) is 59.4 Å². The predicted octanol–water partition coefficient (Wildman–Crippen LogP) is 4.71. The largest absolute Gasteiger partial charge is 0.354 e. The number of hydrogen-bond donors (Lipinski definition) is 2. The van der Waals surface area contributed by atoms with Crippen LogP contribution >= 0.6 is 31.9 Å². The third-order valence-corrected chi connectivity index (χ3v) is 3.68. The molecule has 7 heteroatoms. The SMILES string of the molecule is CCCNc1ncc(Br)c(Nc2ccc(Br)c(F)c2)n1. The van der Waals surface area contributed by atoms with Crippen LogP contribution in [0, 0.1) is 5.82 Å². The molecule has 0 saturated heterocycles. The van der Waals surface area contributed by atoms with E-state index in [1.807, 2.05) is 0 Å². The van der Waals surface area contributed by atoms with Crippen molar-refractivity contribution in [3.8, 4) is 0 Å². The van der Waals surface area contributed by atoms with Gasteiger partial charge in [0.1, 0.15) is 11.6 Å². The highest BCUT2D eigenvalue weighted by Crippen LogP contribution is 2.26. The van der Waals surface area contributed by atoms with Gasteiger partial charge in [-0.1, -0.05) is 6.92 Å². The summed E-state index contributed by atoms with van der Waals surface area (Å²) in [5.74, 6) is 0.792. The molecule has 0 spiro atoms. The highest BCUT2D eigenvalue weighted by Gasteiger charge is 2.07. The van der Waals surface area contributed by atoms with Gasteiger partial charge < -0.3 is 10.6 Å². The van der Waals surface area contributed by atoms with Crippen LogP contribution in [0.2, 0.25) is 0 Å². The van der Waals surface area contributed by atoms with Gasteiger partial charge in [0.2, 0.25) is 5.95 Å². The van der Waals surface area contributed by atoms with E-state index in [1.54, 1.807) is 18.3 Å². The molecule has 2 N–H and O–H groups in total. The fourth-order valence-corrected chi connectivity index (χ4v) is 2.02. The van der Waals surface area contributed by atoms with E-state index in [9.17, 15) is 4.39 Å². The number of hydrogen-bond acceptors (Lipinski definition) is 4. The molecule has 0 unspecified atom stereocenters. The van der Waals surface area contributed by atoms with E-state index in [-0.39, 0.29) is 5.82 Å². The van der Waals surface area contributed by atoms with Crippen molar-refractivity contribution in [3.63, 3.8) is 0 Å². The maximum Gasteiger partial charge on any atom is 0.224 e. The van der Waals surface area contributed by atoms with Crippen LogP contribution in [0.25, 0.3) is 0 Å². The van der Waals surface area contributed by atoms with Crippen LogP contribution in [0.3, 0.4) is 0 Å². The van der Waals surface area contributed by atoms with Crippen LogP contribution in [0.15, 0.2) is 33.3 Å². The first kappa shape index (κ1) is 15.2. The summed E-state index contributed by atoms with van der Waals surface area (Å²) in [6.45, 7) is 2.86. The van der Waals surface area contributed by atoms with Crippen LogP contribution in [0.5, 0.6) is 0 Å². The van der Waals surface area contributed by atoms with Crippen molar-refractivity contribution in [2.24, 2.45) is 0 Å². The third-order valence-electron chi connectivity index (χ3n) is 2.46. The molecule has 0 aliphatic carbocycles. The van der Waals surface area contributed by atoms with Crippen molar-refractivity contribution in [1.82, 2.24) is 9.97 Å². The molecule has 2 rings (SSSR count). The number of nitrogens with one attached hydrogen (secondary N) is 2. The van der Waals surface area contributed by atoms with E-state index in [0.29, 0.717) is 26.4 Å². The predicted molar refractivity (Wildman–Crippen MR) is 85.9 cm³/mol. The molecule has 1 aromatic heterocycles. The number of nitrogens with zero attached hydrogens (tertiary/aromatic N) is 2. The Morgan fingerprint density at radius 1 is 1.25 bits per heavy atom. The van der Waals surface area contributed by atoms with Crippen molar-refractivity contribution in [2.75, 3.05) is 17.2 Å². The molecule has 0 bridgehead atoms. The summed E-state index contributed by atoms with van der Waals surface area (Å²) < 4.78 is 14.6. The summed E-state index contributed by atoms with van der Waals surface area (Å²) in [5, 5.41) is 6.16. The second kappa shape index (κ2) is 6.99. The van der Waals surface area contributed by atoms with Gasteiger partial charge >= 0.3 is 0 Å². The first-order chi connectivity index (χ1) is 9.60. The first-order valence-corrected chi connectivity index (χ1v) is 7.67. The van der Waals surface area contributed by atoms with Gasteiger partial charge in [-0.05, 0) is 56.5 Å². The van der Waals surface area contributed by atoms with Gasteiger partial charge in [0.25, 0.3) is 0 Å². The molecule has 1 heterocycles. The average molecular weight is 404 g/mol. The van der Waals surface area contributed by atoms with Crippen LogP contribution in [-0.4, -0.2) is 16.5 Å². The Morgan fingerprint density at radius 3 is 2.75 bits per heavy atom. The third kappa shape index (κ3) is 3.89. The summed E-state index contributed by atoms with van der Waals surface area (Å²) in [5.41, 5.74) is 0.617. The lowest BCUT2D eigenvalue weighted by Gasteiger charge is -2.10. The van der Waals surface area contributed by atoms with Crippen molar-refractivity contribution in [1.29, 1.82) is 0 Å². The smallest absolute Gasteiger partial charge is 0.224 e. The Hall–Kier alpha value is -1.21. The van der Waals surface area contributed by atoms with Crippen molar-refractivity contribution >= 4 is 49.3 Å². The highest BCUT2D eigenvalue weighted by molar-refractivity contribution is 9.10. The molecule has 20 heavy (non-hydrogen) atoms. The normalized spacial score (nSPS) is 10.4. The summed E-state index contributed by atoms with van der Waals surface area (Å²) in [4.78, 5) is 8.50. The second-order valence-corrected chi connectivity index (χ2v) is 5.78. The average Bonchev–Trinajstić information content (AvgIpc) is 2.44. The quantitative estimate of drug-likeness (QED) is 0.759. The number of aromatic nitrogens is 2. The molecule has 0 amide bonds. The van der Waals surface area contributed by atoms with E-state index in [1.165, 1.54) is 6.07 Å². The topological polar surface area (TPSA) is 49.8 Å². The standard InChI is InChI=1S/C13H13Br2FN4/c1-2-5-17-13-18-7-10(15)12(20-13)19-8-3-4-9(14)11(16)6-8/h3-4,6-7H,2,5H2,1H3,(H2,17,18,19,20). The lowest BCUT2D eigenvalue weighted by atomic mass is 10.3. The van der Waals surface area contributed by atoms with Crippen LogP contribution in [0.1, 0.15) is 13.3 Å². The minimum absolute atomic E-state index is 0.329. The van der Waals surface area contributed by atoms with E-state index in [0.717, 1.165) is 13.0 Å². The lowest BCUT2D eigenvalue weighted by molar-refractivity contribution is 0.622. The molecule has 0 atom stereocenters. The number of rotatable bonds is 5. The van der Waals surface area contributed by atoms with Gasteiger partial charge in [-0.3, -0.25) is 0 Å². The number of anilines is 3. The zero-order chi connectivity index (χ0) is 14.5. The van der Waals surface area contributed by atoms with Gasteiger partial charge in [-0.2, -0.15) is 4.98 Å². The zero-order valence-corrected chi connectivity index (χ0v) is 13.9. The minimum atomic E-state index is -0.329.